The number of primary amides is 1. The van der Waals surface area contributed by atoms with Crippen LogP contribution in [0.5, 0.6) is 0 Å². The Balaban J connectivity index is 1.82. The number of hydrogen-bond acceptors (Lipinski definition) is 3. The summed E-state index contributed by atoms with van der Waals surface area (Å²) in [5.41, 5.74) is 5.96. The summed E-state index contributed by atoms with van der Waals surface area (Å²) in [4.78, 5) is 25.2. The largest absolute Gasteiger partial charge is 0.370 e. The Hall–Kier alpha value is -1.20. The van der Waals surface area contributed by atoms with E-state index in [4.69, 9.17) is 5.73 Å². The summed E-state index contributed by atoms with van der Waals surface area (Å²) in [6, 6.07) is 7.44. The molecule has 2 N–H and O–H groups in total. The lowest BCUT2D eigenvalue weighted by atomic mass is 9.93. The zero-order valence-corrected chi connectivity index (χ0v) is 12.9. The van der Waals surface area contributed by atoms with Gasteiger partial charge in [-0.1, -0.05) is 28.1 Å². The lowest BCUT2D eigenvalue weighted by molar-refractivity contribution is -0.119. The molecule has 0 aromatic heterocycles. The zero-order valence-electron chi connectivity index (χ0n) is 11.3. The third kappa shape index (κ3) is 4.42. The van der Waals surface area contributed by atoms with Gasteiger partial charge in [-0.05, 0) is 44.0 Å². The Morgan fingerprint density at radius 1 is 1.20 bits per heavy atom. The van der Waals surface area contributed by atoms with Crippen LogP contribution in [-0.4, -0.2) is 36.2 Å². The Kier molecular flexibility index (Phi) is 5.31. The molecule has 1 heterocycles. The van der Waals surface area contributed by atoms with Gasteiger partial charge in [0.15, 0.2) is 5.78 Å². The fourth-order valence-electron chi connectivity index (χ4n) is 2.56. The average molecular weight is 339 g/mol. The Bertz CT molecular complexity index is 479. The van der Waals surface area contributed by atoms with Gasteiger partial charge in [-0.3, -0.25) is 14.5 Å². The van der Waals surface area contributed by atoms with E-state index in [0.29, 0.717) is 18.9 Å². The van der Waals surface area contributed by atoms with Gasteiger partial charge in [0.25, 0.3) is 0 Å². The topological polar surface area (TPSA) is 63.4 Å². The number of rotatable bonds is 5. The first-order valence-corrected chi connectivity index (χ1v) is 7.63. The third-order valence-corrected chi connectivity index (χ3v) is 4.26. The number of hydrogen-bond donors (Lipinski definition) is 1. The molecule has 4 nitrogen and oxygen atoms in total. The highest BCUT2D eigenvalue weighted by Crippen LogP contribution is 2.20. The van der Waals surface area contributed by atoms with Crippen molar-refractivity contribution >= 4 is 27.6 Å². The van der Waals surface area contributed by atoms with Crippen molar-refractivity contribution in [3.63, 3.8) is 0 Å². The number of likely N-dealkylation sites (tertiary alicyclic amines) is 1. The van der Waals surface area contributed by atoms with Gasteiger partial charge in [-0.15, -0.1) is 0 Å². The second-order valence-electron chi connectivity index (χ2n) is 5.32. The van der Waals surface area contributed by atoms with Crippen molar-refractivity contribution in [3.05, 3.63) is 34.3 Å². The molecule has 1 aromatic carbocycles. The van der Waals surface area contributed by atoms with E-state index in [-0.39, 0.29) is 11.7 Å². The summed E-state index contributed by atoms with van der Waals surface area (Å²) < 4.78 is 0.973. The normalized spacial score (nSPS) is 17.1. The minimum Gasteiger partial charge on any atom is -0.370 e. The summed E-state index contributed by atoms with van der Waals surface area (Å²) in [6.07, 6.45) is 2.35. The fraction of sp³-hybridized carbons (Fsp3) is 0.467. The van der Waals surface area contributed by atoms with Crippen molar-refractivity contribution in [2.75, 3.05) is 19.6 Å². The maximum Gasteiger partial charge on any atom is 0.217 e. The Morgan fingerprint density at radius 2 is 1.80 bits per heavy atom. The van der Waals surface area contributed by atoms with Crippen LogP contribution < -0.4 is 5.73 Å². The first-order chi connectivity index (χ1) is 9.54. The predicted octanol–water partition coefficient (Wildman–Crippen LogP) is 2.22. The van der Waals surface area contributed by atoms with Crippen LogP contribution in [0.1, 0.15) is 29.6 Å². The van der Waals surface area contributed by atoms with Crippen molar-refractivity contribution < 1.29 is 9.59 Å². The summed E-state index contributed by atoms with van der Waals surface area (Å²) >= 11 is 3.36. The highest BCUT2D eigenvalue weighted by molar-refractivity contribution is 9.10. The summed E-state index contributed by atoms with van der Waals surface area (Å²) in [7, 11) is 0. The second-order valence-corrected chi connectivity index (χ2v) is 6.24. The van der Waals surface area contributed by atoms with E-state index in [2.05, 4.69) is 20.8 Å². The lowest BCUT2D eigenvalue weighted by Crippen LogP contribution is -2.38. The first kappa shape index (κ1) is 15.2. The minimum atomic E-state index is -0.227. The lowest BCUT2D eigenvalue weighted by Gasteiger charge is -2.30. The van der Waals surface area contributed by atoms with Crippen LogP contribution in [0, 0.1) is 5.92 Å². The molecule has 1 saturated heterocycles. The van der Waals surface area contributed by atoms with Gasteiger partial charge in [-0.2, -0.15) is 0 Å². The number of nitrogens with two attached hydrogens (primary N) is 1. The van der Waals surface area contributed by atoms with Crippen molar-refractivity contribution in [1.82, 2.24) is 4.90 Å². The number of halogens is 1. The van der Waals surface area contributed by atoms with Gasteiger partial charge in [-0.25, -0.2) is 0 Å². The molecule has 1 aromatic rings. The van der Waals surface area contributed by atoms with Crippen LogP contribution in [0.15, 0.2) is 28.7 Å². The molecule has 0 bridgehead atoms. The smallest absolute Gasteiger partial charge is 0.217 e. The molecule has 0 atom stereocenters. The number of carbonyl (C=O) groups is 2. The summed E-state index contributed by atoms with van der Waals surface area (Å²) in [6.45, 7) is 2.17. The van der Waals surface area contributed by atoms with Gasteiger partial charge in [0.1, 0.15) is 0 Å². The molecule has 1 aliphatic rings. The van der Waals surface area contributed by atoms with Crippen molar-refractivity contribution in [3.8, 4) is 0 Å². The molecule has 0 saturated carbocycles. The van der Waals surface area contributed by atoms with Gasteiger partial charge in [0, 0.05) is 16.5 Å². The van der Waals surface area contributed by atoms with E-state index < -0.39 is 0 Å². The highest BCUT2D eigenvalue weighted by Gasteiger charge is 2.22. The Labute approximate surface area is 127 Å². The molecule has 0 radical (unpaired) electrons. The number of benzene rings is 1. The monoisotopic (exact) mass is 338 g/mol. The standard InChI is InChI=1S/C15H19BrN2O2/c16-13-3-1-12(2-4-13)14(19)10-18-7-5-11(6-8-18)9-15(17)20/h1-4,11H,5-10H2,(H2,17,20). The number of nitrogens with zero attached hydrogens (tertiary/aromatic N) is 1. The molecule has 1 fully saturated rings. The van der Waals surface area contributed by atoms with Crippen LogP contribution in [0.25, 0.3) is 0 Å². The van der Waals surface area contributed by atoms with E-state index >= 15 is 0 Å². The molecule has 0 unspecified atom stereocenters. The SMILES string of the molecule is NC(=O)CC1CCN(CC(=O)c2ccc(Br)cc2)CC1. The maximum atomic E-state index is 12.2. The highest BCUT2D eigenvalue weighted by atomic mass is 79.9. The molecule has 5 heteroatoms. The van der Waals surface area contributed by atoms with Crippen LogP contribution in [0.3, 0.4) is 0 Å². The van der Waals surface area contributed by atoms with Crippen LogP contribution in [0.2, 0.25) is 0 Å². The summed E-state index contributed by atoms with van der Waals surface area (Å²) in [5.74, 6) is 0.298. The molecule has 20 heavy (non-hydrogen) atoms. The Morgan fingerprint density at radius 3 is 2.35 bits per heavy atom. The quantitative estimate of drug-likeness (QED) is 0.837. The molecule has 2 rings (SSSR count). The van der Waals surface area contributed by atoms with Crippen molar-refractivity contribution in [2.24, 2.45) is 11.7 Å². The molecule has 0 aliphatic carbocycles. The van der Waals surface area contributed by atoms with Gasteiger partial charge in [0.05, 0.1) is 6.54 Å². The van der Waals surface area contributed by atoms with Crippen LogP contribution >= 0.6 is 15.9 Å². The van der Waals surface area contributed by atoms with Gasteiger partial charge in [0.2, 0.25) is 5.91 Å². The molecule has 0 spiro atoms. The molecule has 108 valence electrons. The zero-order chi connectivity index (χ0) is 14.5. The molecular formula is C15H19BrN2O2. The molecular weight excluding hydrogens is 320 g/mol. The minimum absolute atomic E-state index is 0.144. The fourth-order valence-corrected chi connectivity index (χ4v) is 2.83. The van der Waals surface area contributed by atoms with E-state index in [0.717, 1.165) is 36.0 Å². The predicted molar refractivity (Wildman–Crippen MR) is 81.4 cm³/mol. The van der Waals surface area contributed by atoms with Gasteiger partial charge < -0.3 is 5.73 Å². The second kappa shape index (κ2) is 6.99. The van der Waals surface area contributed by atoms with Crippen molar-refractivity contribution in [1.29, 1.82) is 0 Å². The number of Topliss-reactive ketones (excluding diaryl/α,β-unsaturated/α-hetero) is 1. The van der Waals surface area contributed by atoms with Gasteiger partial charge >= 0.3 is 0 Å². The average Bonchev–Trinajstić information content (AvgIpc) is 2.41. The van der Waals surface area contributed by atoms with E-state index in [1.54, 1.807) is 0 Å². The number of piperidine rings is 1. The van der Waals surface area contributed by atoms with Crippen molar-refractivity contribution in [2.45, 2.75) is 19.3 Å². The number of carbonyl (C=O) groups excluding carboxylic acids is 2. The maximum absolute atomic E-state index is 12.2. The molecule has 1 amide bonds. The number of ketones is 1. The summed E-state index contributed by atoms with van der Waals surface area (Å²) in [5, 5.41) is 0. The first-order valence-electron chi connectivity index (χ1n) is 6.84. The number of amides is 1. The van der Waals surface area contributed by atoms with E-state index in [1.165, 1.54) is 0 Å². The molecule has 1 aliphatic heterocycles. The van der Waals surface area contributed by atoms with Crippen LogP contribution in [0.4, 0.5) is 0 Å². The van der Waals surface area contributed by atoms with Crippen LogP contribution in [-0.2, 0) is 4.79 Å². The van der Waals surface area contributed by atoms with E-state index in [1.807, 2.05) is 24.3 Å². The van der Waals surface area contributed by atoms with E-state index in [9.17, 15) is 9.59 Å². The third-order valence-electron chi connectivity index (χ3n) is 3.73.